The van der Waals surface area contributed by atoms with Crippen molar-refractivity contribution in [2.75, 3.05) is 0 Å². The lowest BCUT2D eigenvalue weighted by Gasteiger charge is -1.95. The fourth-order valence-corrected chi connectivity index (χ4v) is 0.768. The molecule has 12 heavy (non-hydrogen) atoms. The normalized spacial score (nSPS) is 10.4. The molecule has 0 unspecified atom stereocenters. The lowest BCUT2D eigenvalue weighted by Crippen LogP contribution is -2.18. The first-order chi connectivity index (χ1) is 5.70. The van der Waals surface area contributed by atoms with Crippen molar-refractivity contribution in [1.82, 2.24) is 0 Å². The van der Waals surface area contributed by atoms with Crippen LogP contribution in [-0.4, -0.2) is 5.97 Å². The maximum absolute atomic E-state index is 12.8. The molecule has 0 atom stereocenters. The van der Waals surface area contributed by atoms with Crippen LogP contribution in [0.5, 0.6) is 0 Å². The average Bonchev–Trinajstić information content (AvgIpc) is 2.03. The Kier molecular flexibility index (Phi) is 2.58. The van der Waals surface area contributed by atoms with Crippen LogP contribution in [0.2, 0.25) is 0 Å². The number of rotatable bonds is 2. The SMILES string of the molecule is O=C([O-])/C=C\c1ccccc1F. The summed E-state index contributed by atoms with van der Waals surface area (Å²) in [6.07, 6.45) is 1.95. The highest BCUT2D eigenvalue weighted by Gasteiger charge is 1.93. The van der Waals surface area contributed by atoms with E-state index in [1.54, 1.807) is 6.07 Å². The molecule has 0 aliphatic heterocycles. The predicted octanol–water partition coefficient (Wildman–Crippen LogP) is 0.589. The number of carboxylic acid groups (broad SMARTS) is 1. The van der Waals surface area contributed by atoms with Crippen LogP contribution in [0.1, 0.15) is 5.56 Å². The fourth-order valence-electron chi connectivity index (χ4n) is 0.768. The van der Waals surface area contributed by atoms with E-state index in [2.05, 4.69) is 0 Å². The fraction of sp³-hybridized carbons (Fsp3) is 0. The number of hydrogen-bond donors (Lipinski definition) is 0. The Morgan fingerprint density at radius 2 is 2.08 bits per heavy atom. The van der Waals surface area contributed by atoms with Gasteiger partial charge in [-0.25, -0.2) is 4.39 Å². The minimum atomic E-state index is -1.33. The van der Waals surface area contributed by atoms with Gasteiger partial charge < -0.3 is 9.90 Å². The lowest BCUT2D eigenvalue weighted by molar-refractivity contribution is -0.297. The summed E-state index contributed by atoms with van der Waals surface area (Å²) < 4.78 is 12.8. The molecular weight excluding hydrogens is 159 g/mol. The molecule has 0 N–H and O–H groups in total. The van der Waals surface area contributed by atoms with Gasteiger partial charge in [-0.1, -0.05) is 24.3 Å². The molecule has 0 bridgehead atoms. The third-order valence-electron chi connectivity index (χ3n) is 1.30. The number of benzene rings is 1. The number of carboxylic acids is 1. The van der Waals surface area contributed by atoms with E-state index in [9.17, 15) is 14.3 Å². The number of aliphatic carboxylic acids is 1. The molecule has 0 spiro atoms. The summed E-state index contributed by atoms with van der Waals surface area (Å²) in [5.74, 6) is -1.78. The van der Waals surface area contributed by atoms with E-state index >= 15 is 0 Å². The molecular formula is C9H6FO2-. The van der Waals surface area contributed by atoms with Crippen molar-refractivity contribution < 1.29 is 14.3 Å². The summed E-state index contributed by atoms with van der Waals surface area (Å²) in [4.78, 5) is 9.96. The third kappa shape index (κ3) is 2.20. The van der Waals surface area contributed by atoms with Crippen LogP contribution >= 0.6 is 0 Å². The van der Waals surface area contributed by atoms with E-state index in [4.69, 9.17) is 0 Å². The predicted molar refractivity (Wildman–Crippen MR) is 40.4 cm³/mol. The van der Waals surface area contributed by atoms with E-state index in [-0.39, 0.29) is 5.56 Å². The standard InChI is InChI=1S/C9H7FO2/c10-8-4-2-1-3-7(8)5-6-9(11)12/h1-6H,(H,11,12)/p-1/b6-5-. The van der Waals surface area contributed by atoms with Crippen molar-refractivity contribution in [1.29, 1.82) is 0 Å². The van der Waals surface area contributed by atoms with E-state index in [1.165, 1.54) is 18.2 Å². The Bertz CT molecular complexity index is 318. The van der Waals surface area contributed by atoms with Crippen LogP contribution in [0.3, 0.4) is 0 Å². The highest BCUT2D eigenvalue weighted by molar-refractivity contribution is 5.83. The molecule has 0 fully saturated rings. The van der Waals surface area contributed by atoms with E-state index in [0.717, 1.165) is 12.2 Å². The molecule has 0 saturated carbocycles. The van der Waals surface area contributed by atoms with Gasteiger partial charge in [0.15, 0.2) is 0 Å². The molecule has 62 valence electrons. The summed E-state index contributed by atoms with van der Waals surface area (Å²) >= 11 is 0. The minimum absolute atomic E-state index is 0.238. The Balaban J connectivity index is 2.89. The van der Waals surface area contributed by atoms with Gasteiger partial charge in [-0.2, -0.15) is 0 Å². The Hall–Kier alpha value is -1.64. The molecule has 0 aromatic heterocycles. The Morgan fingerprint density at radius 3 is 2.67 bits per heavy atom. The van der Waals surface area contributed by atoms with Crippen molar-refractivity contribution in [3.63, 3.8) is 0 Å². The molecule has 0 amide bonds. The van der Waals surface area contributed by atoms with Crippen LogP contribution in [0.25, 0.3) is 6.08 Å². The summed E-state index contributed by atoms with van der Waals surface area (Å²) in [5, 5.41) is 9.96. The van der Waals surface area contributed by atoms with Gasteiger partial charge in [-0.3, -0.25) is 0 Å². The van der Waals surface area contributed by atoms with Crippen LogP contribution in [0.4, 0.5) is 4.39 Å². The molecule has 0 saturated heterocycles. The summed E-state index contributed by atoms with van der Waals surface area (Å²) in [7, 11) is 0. The smallest absolute Gasteiger partial charge is 0.130 e. The average molecular weight is 165 g/mol. The first-order valence-electron chi connectivity index (χ1n) is 3.34. The molecule has 2 nitrogen and oxygen atoms in total. The molecule has 1 aromatic carbocycles. The number of halogens is 1. The zero-order valence-corrected chi connectivity index (χ0v) is 6.16. The van der Waals surface area contributed by atoms with Crippen LogP contribution in [0.15, 0.2) is 30.3 Å². The Labute approximate surface area is 69.0 Å². The van der Waals surface area contributed by atoms with E-state index in [1.807, 2.05) is 0 Å². The van der Waals surface area contributed by atoms with Gasteiger partial charge in [0.25, 0.3) is 0 Å². The minimum Gasteiger partial charge on any atom is -0.545 e. The molecule has 1 aromatic rings. The highest BCUT2D eigenvalue weighted by atomic mass is 19.1. The van der Waals surface area contributed by atoms with Gasteiger partial charge in [0.1, 0.15) is 5.82 Å². The highest BCUT2D eigenvalue weighted by Crippen LogP contribution is 2.07. The first kappa shape index (κ1) is 8.46. The molecule has 3 heteroatoms. The van der Waals surface area contributed by atoms with Crippen molar-refractivity contribution in [2.45, 2.75) is 0 Å². The summed E-state index contributed by atoms with van der Waals surface area (Å²) in [6, 6.07) is 5.90. The van der Waals surface area contributed by atoms with Gasteiger partial charge in [-0.15, -0.1) is 0 Å². The Morgan fingerprint density at radius 1 is 1.42 bits per heavy atom. The molecule has 0 aliphatic rings. The number of carbonyl (C=O) groups excluding carboxylic acids is 1. The van der Waals surface area contributed by atoms with Crippen molar-refractivity contribution in [3.05, 3.63) is 41.7 Å². The van der Waals surface area contributed by atoms with Crippen LogP contribution in [-0.2, 0) is 4.79 Å². The van der Waals surface area contributed by atoms with E-state index < -0.39 is 11.8 Å². The van der Waals surface area contributed by atoms with Gasteiger partial charge in [0, 0.05) is 5.56 Å². The second-order valence-electron chi connectivity index (χ2n) is 2.17. The van der Waals surface area contributed by atoms with Crippen molar-refractivity contribution in [3.8, 4) is 0 Å². The van der Waals surface area contributed by atoms with Crippen LogP contribution < -0.4 is 5.11 Å². The second-order valence-corrected chi connectivity index (χ2v) is 2.17. The van der Waals surface area contributed by atoms with Gasteiger partial charge in [0.05, 0.1) is 5.97 Å². The van der Waals surface area contributed by atoms with E-state index in [0.29, 0.717) is 0 Å². The second kappa shape index (κ2) is 3.67. The molecule has 0 aliphatic carbocycles. The zero-order valence-electron chi connectivity index (χ0n) is 6.16. The molecule has 0 radical (unpaired) electrons. The van der Waals surface area contributed by atoms with Gasteiger partial charge >= 0.3 is 0 Å². The molecule has 1 rings (SSSR count). The summed E-state index contributed by atoms with van der Waals surface area (Å²) in [5.41, 5.74) is 0.238. The van der Waals surface area contributed by atoms with Crippen LogP contribution in [0, 0.1) is 5.82 Å². The topological polar surface area (TPSA) is 40.1 Å². The third-order valence-corrected chi connectivity index (χ3v) is 1.30. The van der Waals surface area contributed by atoms with Crippen molar-refractivity contribution >= 4 is 12.0 Å². The maximum Gasteiger partial charge on any atom is 0.130 e. The summed E-state index contributed by atoms with van der Waals surface area (Å²) in [6.45, 7) is 0. The quantitative estimate of drug-likeness (QED) is 0.601. The van der Waals surface area contributed by atoms with Gasteiger partial charge in [-0.05, 0) is 12.1 Å². The van der Waals surface area contributed by atoms with Crippen molar-refractivity contribution in [2.24, 2.45) is 0 Å². The lowest BCUT2D eigenvalue weighted by atomic mass is 10.2. The first-order valence-corrected chi connectivity index (χ1v) is 3.34. The molecule has 0 heterocycles. The number of carbonyl (C=O) groups is 1. The van der Waals surface area contributed by atoms with Gasteiger partial charge in [0.2, 0.25) is 0 Å². The maximum atomic E-state index is 12.8. The number of hydrogen-bond acceptors (Lipinski definition) is 2. The largest absolute Gasteiger partial charge is 0.545 e. The monoisotopic (exact) mass is 165 g/mol. The zero-order chi connectivity index (χ0) is 8.97.